The molecule has 4 nitrogen and oxygen atoms in total. The summed E-state index contributed by atoms with van der Waals surface area (Å²) < 4.78 is 5.33. The number of nitrogens with zero attached hydrogens (tertiary/aromatic N) is 3. The SMILES string of the molecule is Cc1ccccc1CN(C)CCCc1nc(-c2cccs2)no1. The van der Waals surface area contributed by atoms with Gasteiger partial charge < -0.3 is 9.42 Å². The van der Waals surface area contributed by atoms with E-state index in [-0.39, 0.29) is 0 Å². The summed E-state index contributed by atoms with van der Waals surface area (Å²) in [4.78, 5) is 7.85. The molecule has 2 aromatic heterocycles. The minimum absolute atomic E-state index is 0.697. The van der Waals surface area contributed by atoms with Crippen LogP contribution in [0.25, 0.3) is 10.7 Å². The van der Waals surface area contributed by atoms with Crippen molar-refractivity contribution in [2.75, 3.05) is 13.6 Å². The summed E-state index contributed by atoms with van der Waals surface area (Å²) in [7, 11) is 2.15. The standard InChI is InChI=1S/C18H21N3OS/c1-14-7-3-4-8-15(14)13-21(2)11-5-10-17-19-18(20-22-17)16-9-6-12-23-16/h3-4,6-9,12H,5,10-11,13H2,1-2H3. The average molecular weight is 327 g/mol. The highest BCUT2D eigenvalue weighted by atomic mass is 32.1. The molecule has 3 rings (SSSR count). The minimum atomic E-state index is 0.697. The van der Waals surface area contributed by atoms with E-state index in [2.05, 4.69) is 53.3 Å². The first kappa shape index (κ1) is 15.9. The van der Waals surface area contributed by atoms with E-state index in [0.717, 1.165) is 36.7 Å². The van der Waals surface area contributed by atoms with Gasteiger partial charge in [-0.25, -0.2) is 0 Å². The number of aromatic nitrogens is 2. The van der Waals surface area contributed by atoms with Gasteiger partial charge in [-0.1, -0.05) is 35.5 Å². The smallest absolute Gasteiger partial charge is 0.227 e. The van der Waals surface area contributed by atoms with Crippen molar-refractivity contribution in [1.29, 1.82) is 0 Å². The van der Waals surface area contributed by atoms with E-state index in [0.29, 0.717) is 5.82 Å². The monoisotopic (exact) mass is 327 g/mol. The fraction of sp³-hybridized carbons (Fsp3) is 0.333. The van der Waals surface area contributed by atoms with E-state index in [1.807, 2.05) is 17.5 Å². The fourth-order valence-electron chi connectivity index (χ4n) is 2.52. The summed E-state index contributed by atoms with van der Waals surface area (Å²) in [6, 6.07) is 12.5. The Kier molecular flexibility index (Phi) is 5.20. The highest BCUT2D eigenvalue weighted by Crippen LogP contribution is 2.21. The lowest BCUT2D eigenvalue weighted by Crippen LogP contribution is -2.20. The Balaban J connectivity index is 1.47. The first-order valence-electron chi connectivity index (χ1n) is 7.82. The van der Waals surface area contributed by atoms with Gasteiger partial charge in [0.15, 0.2) is 0 Å². The zero-order chi connectivity index (χ0) is 16.1. The number of thiophene rings is 1. The predicted molar refractivity (Wildman–Crippen MR) is 93.4 cm³/mol. The zero-order valence-corrected chi connectivity index (χ0v) is 14.3. The average Bonchev–Trinajstić information content (AvgIpc) is 3.20. The highest BCUT2D eigenvalue weighted by molar-refractivity contribution is 7.13. The topological polar surface area (TPSA) is 42.2 Å². The summed E-state index contributed by atoms with van der Waals surface area (Å²) in [6.45, 7) is 4.13. The molecule has 120 valence electrons. The molecule has 23 heavy (non-hydrogen) atoms. The van der Waals surface area contributed by atoms with Crippen molar-refractivity contribution in [3.8, 4) is 10.7 Å². The summed E-state index contributed by atoms with van der Waals surface area (Å²) in [5.74, 6) is 1.42. The van der Waals surface area contributed by atoms with Gasteiger partial charge in [0.1, 0.15) is 0 Å². The molecule has 0 amide bonds. The second kappa shape index (κ2) is 7.53. The molecular formula is C18H21N3OS. The first-order chi connectivity index (χ1) is 11.2. The van der Waals surface area contributed by atoms with Crippen molar-refractivity contribution in [3.05, 3.63) is 58.8 Å². The van der Waals surface area contributed by atoms with Crippen LogP contribution in [0, 0.1) is 6.92 Å². The van der Waals surface area contributed by atoms with Crippen LogP contribution < -0.4 is 0 Å². The lowest BCUT2D eigenvalue weighted by atomic mass is 10.1. The largest absolute Gasteiger partial charge is 0.339 e. The Morgan fingerprint density at radius 2 is 2.04 bits per heavy atom. The molecule has 0 radical (unpaired) electrons. The second-order valence-corrected chi connectivity index (χ2v) is 6.70. The highest BCUT2D eigenvalue weighted by Gasteiger charge is 2.10. The van der Waals surface area contributed by atoms with Crippen molar-refractivity contribution >= 4 is 11.3 Å². The lowest BCUT2D eigenvalue weighted by Gasteiger charge is -2.17. The molecule has 0 aliphatic heterocycles. The third-order valence-electron chi connectivity index (χ3n) is 3.84. The summed E-state index contributed by atoms with van der Waals surface area (Å²) in [6.07, 6.45) is 1.82. The molecule has 0 N–H and O–H groups in total. The Morgan fingerprint density at radius 1 is 1.17 bits per heavy atom. The summed E-state index contributed by atoms with van der Waals surface area (Å²) >= 11 is 1.63. The molecule has 0 fully saturated rings. The maximum atomic E-state index is 5.33. The van der Waals surface area contributed by atoms with Gasteiger partial charge in [-0.2, -0.15) is 4.98 Å². The maximum Gasteiger partial charge on any atom is 0.227 e. The van der Waals surface area contributed by atoms with Crippen molar-refractivity contribution in [2.24, 2.45) is 0 Å². The third kappa shape index (κ3) is 4.27. The number of hydrogen-bond acceptors (Lipinski definition) is 5. The molecule has 0 saturated heterocycles. The normalized spacial score (nSPS) is 11.3. The van der Waals surface area contributed by atoms with E-state index in [4.69, 9.17) is 4.52 Å². The molecule has 0 spiro atoms. The molecule has 0 bridgehead atoms. The second-order valence-electron chi connectivity index (χ2n) is 5.76. The van der Waals surface area contributed by atoms with E-state index >= 15 is 0 Å². The quantitative estimate of drug-likeness (QED) is 0.653. The summed E-state index contributed by atoms with van der Waals surface area (Å²) in [5.41, 5.74) is 2.73. The predicted octanol–water partition coefficient (Wildman–Crippen LogP) is 4.17. The van der Waals surface area contributed by atoms with Crippen molar-refractivity contribution in [1.82, 2.24) is 15.0 Å². The van der Waals surface area contributed by atoms with Gasteiger partial charge >= 0.3 is 0 Å². The Morgan fingerprint density at radius 3 is 2.83 bits per heavy atom. The number of aryl methyl sites for hydroxylation is 2. The van der Waals surface area contributed by atoms with E-state index in [1.165, 1.54) is 11.1 Å². The molecule has 3 aromatic rings. The summed E-state index contributed by atoms with van der Waals surface area (Å²) in [5, 5.41) is 6.07. The Hall–Kier alpha value is -1.98. The van der Waals surface area contributed by atoms with Crippen LogP contribution in [0.15, 0.2) is 46.3 Å². The minimum Gasteiger partial charge on any atom is -0.339 e. The fourth-order valence-corrected chi connectivity index (χ4v) is 3.17. The van der Waals surface area contributed by atoms with Gasteiger partial charge in [0.25, 0.3) is 0 Å². The van der Waals surface area contributed by atoms with Crippen molar-refractivity contribution in [3.63, 3.8) is 0 Å². The van der Waals surface area contributed by atoms with Gasteiger partial charge in [-0.3, -0.25) is 0 Å². The molecule has 1 aromatic carbocycles. The van der Waals surface area contributed by atoms with Crippen LogP contribution in [-0.2, 0) is 13.0 Å². The Bertz CT molecular complexity index is 736. The van der Waals surface area contributed by atoms with Crippen LogP contribution in [0.3, 0.4) is 0 Å². The molecule has 0 saturated carbocycles. The van der Waals surface area contributed by atoms with Crippen LogP contribution >= 0.6 is 11.3 Å². The number of benzene rings is 1. The zero-order valence-electron chi connectivity index (χ0n) is 13.5. The molecule has 5 heteroatoms. The van der Waals surface area contributed by atoms with Gasteiger partial charge in [-0.15, -0.1) is 11.3 Å². The van der Waals surface area contributed by atoms with Crippen LogP contribution in [0.4, 0.5) is 0 Å². The molecule has 2 heterocycles. The Labute approximate surface area is 140 Å². The van der Waals surface area contributed by atoms with Gasteiger partial charge in [-0.05, 0) is 49.5 Å². The van der Waals surface area contributed by atoms with Crippen molar-refractivity contribution in [2.45, 2.75) is 26.3 Å². The lowest BCUT2D eigenvalue weighted by molar-refractivity contribution is 0.309. The van der Waals surface area contributed by atoms with Crippen molar-refractivity contribution < 1.29 is 4.52 Å². The van der Waals surface area contributed by atoms with E-state index in [9.17, 15) is 0 Å². The van der Waals surface area contributed by atoms with E-state index < -0.39 is 0 Å². The van der Waals surface area contributed by atoms with E-state index in [1.54, 1.807) is 11.3 Å². The van der Waals surface area contributed by atoms with Gasteiger partial charge in [0, 0.05) is 13.0 Å². The molecule has 0 atom stereocenters. The first-order valence-corrected chi connectivity index (χ1v) is 8.70. The molecule has 0 aliphatic rings. The molecular weight excluding hydrogens is 306 g/mol. The number of hydrogen-bond donors (Lipinski definition) is 0. The van der Waals surface area contributed by atoms with Gasteiger partial charge in [0.05, 0.1) is 4.88 Å². The molecule has 0 unspecified atom stereocenters. The van der Waals surface area contributed by atoms with Gasteiger partial charge in [0.2, 0.25) is 11.7 Å². The third-order valence-corrected chi connectivity index (χ3v) is 4.71. The van der Waals surface area contributed by atoms with Crippen LogP contribution in [-0.4, -0.2) is 28.6 Å². The van der Waals surface area contributed by atoms with Crippen LogP contribution in [0.1, 0.15) is 23.4 Å². The molecule has 0 aliphatic carbocycles. The maximum absolute atomic E-state index is 5.33. The van der Waals surface area contributed by atoms with Crippen LogP contribution in [0.5, 0.6) is 0 Å². The van der Waals surface area contributed by atoms with Crippen LogP contribution in [0.2, 0.25) is 0 Å². The number of rotatable bonds is 7.